The molecular formula is C24H22N2O6. The number of aromatic nitrogens is 1. The van der Waals surface area contributed by atoms with Gasteiger partial charge in [-0.2, -0.15) is 0 Å². The number of amides is 1. The summed E-state index contributed by atoms with van der Waals surface area (Å²) < 4.78 is 15.5. The maximum absolute atomic E-state index is 12.5. The fraction of sp³-hybridized carbons (Fsp3) is 0.167. The van der Waals surface area contributed by atoms with Crippen LogP contribution in [0.5, 0.6) is 11.6 Å². The lowest BCUT2D eigenvalue weighted by atomic mass is 10.1. The Morgan fingerprint density at radius 2 is 1.62 bits per heavy atom. The van der Waals surface area contributed by atoms with Crippen molar-refractivity contribution in [1.29, 1.82) is 0 Å². The van der Waals surface area contributed by atoms with Gasteiger partial charge in [-0.15, -0.1) is 0 Å². The highest BCUT2D eigenvalue weighted by Crippen LogP contribution is 2.23. The van der Waals surface area contributed by atoms with E-state index in [1.165, 1.54) is 19.4 Å². The molecule has 1 aromatic heterocycles. The first-order valence-corrected chi connectivity index (χ1v) is 9.83. The molecule has 1 atom stereocenters. The van der Waals surface area contributed by atoms with Crippen LogP contribution in [0, 0.1) is 0 Å². The molecule has 0 saturated heterocycles. The molecule has 1 amide bonds. The van der Waals surface area contributed by atoms with Gasteiger partial charge >= 0.3 is 11.9 Å². The van der Waals surface area contributed by atoms with Crippen molar-refractivity contribution in [2.45, 2.75) is 12.5 Å². The van der Waals surface area contributed by atoms with Crippen LogP contribution in [-0.4, -0.2) is 42.6 Å². The van der Waals surface area contributed by atoms with Gasteiger partial charge in [-0.05, 0) is 29.8 Å². The Morgan fingerprint density at radius 1 is 0.938 bits per heavy atom. The summed E-state index contributed by atoms with van der Waals surface area (Å²) in [5.74, 6) is -1.46. The van der Waals surface area contributed by atoms with Gasteiger partial charge in [-0.1, -0.05) is 48.5 Å². The number of para-hydroxylation sites is 1. The third-order valence-electron chi connectivity index (χ3n) is 4.39. The number of rotatable bonds is 9. The van der Waals surface area contributed by atoms with Crippen LogP contribution in [0.15, 0.2) is 79.0 Å². The van der Waals surface area contributed by atoms with Gasteiger partial charge in [0, 0.05) is 12.6 Å². The molecule has 2 aromatic carbocycles. The van der Waals surface area contributed by atoms with Crippen molar-refractivity contribution < 1.29 is 28.6 Å². The van der Waals surface area contributed by atoms with Crippen LogP contribution in [-0.2, 0) is 25.5 Å². The molecule has 8 heteroatoms. The standard InChI is InChI=1S/C24H22N2O6/c1-30-24(29)20(15-17-9-4-2-5-10-17)26-21(27)16-31-23(28)19-13-8-14-25-22(19)32-18-11-6-3-7-12-18/h2-14,20H,15-16H2,1H3,(H,26,27). The van der Waals surface area contributed by atoms with Gasteiger partial charge in [0.1, 0.15) is 17.4 Å². The van der Waals surface area contributed by atoms with Crippen LogP contribution in [0.25, 0.3) is 0 Å². The molecule has 8 nitrogen and oxygen atoms in total. The van der Waals surface area contributed by atoms with Crippen molar-refractivity contribution in [3.05, 3.63) is 90.1 Å². The van der Waals surface area contributed by atoms with Crippen molar-refractivity contribution in [2.75, 3.05) is 13.7 Å². The quantitative estimate of drug-likeness (QED) is 0.517. The minimum atomic E-state index is -0.913. The molecule has 3 aromatic rings. The SMILES string of the molecule is COC(=O)C(Cc1ccccc1)NC(=O)COC(=O)c1cccnc1Oc1ccccc1. The molecular weight excluding hydrogens is 412 g/mol. The van der Waals surface area contributed by atoms with Gasteiger partial charge in [0.2, 0.25) is 5.88 Å². The zero-order chi connectivity index (χ0) is 22.8. The average molecular weight is 434 g/mol. The van der Waals surface area contributed by atoms with Crippen molar-refractivity contribution in [3.8, 4) is 11.6 Å². The van der Waals surface area contributed by atoms with Gasteiger partial charge in [0.25, 0.3) is 5.91 Å². The van der Waals surface area contributed by atoms with Crippen molar-refractivity contribution in [2.24, 2.45) is 0 Å². The average Bonchev–Trinajstić information content (AvgIpc) is 2.83. The van der Waals surface area contributed by atoms with Gasteiger partial charge in [0.05, 0.1) is 7.11 Å². The number of carbonyl (C=O) groups excluding carboxylic acids is 3. The van der Waals surface area contributed by atoms with E-state index in [2.05, 4.69) is 10.3 Å². The fourth-order valence-electron chi connectivity index (χ4n) is 2.86. The molecule has 1 unspecified atom stereocenters. The van der Waals surface area contributed by atoms with Crippen molar-refractivity contribution in [3.63, 3.8) is 0 Å². The van der Waals surface area contributed by atoms with Gasteiger partial charge in [-0.3, -0.25) is 4.79 Å². The molecule has 0 saturated carbocycles. The number of methoxy groups -OCH3 is 1. The Labute approximate surface area is 185 Å². The maximum atomic E-state index is 12.5. The van der Waals surface area contributed by atoms with E-state index in [-0.39, 0.29) is 17.9 Å². The van der Waals surface area contributed by atoms with E-state index in [4.69, 9.17) is 14.2 Å². The van der Waals surface area contributed by atoms with Crippen LogP contribution in [0.2, 0.25) is 0 Å². The summed E-state index contributed by atoms with van der Waals surface area (Å²) in [6, 6.07) is 20.1. The minimum Gasteiger partial charge on any atom is -0.467 e. The van der Waals surface area contributed by atoms with Crippen LogP contribution in [0.3, 0.4) is 0 Å². The van der Waals surface area contributed by atoms with E-state index in [9.17, 15) is 14.4 Å². The molecule has 0 aliphatic rings. The van der Waals surface area contributed by atoms with E-state index >= 15 is 0 Å². The summed E-state index contributed by atoms with van der Waals surface area (Å²) in [6.07, 6.45) is 1.72. The molecule has 0 radical (unpaired) electrons. The smallest absolute Gasteiger partial charge is 0.344 e. The number of pyridine rings is 1. The van der Waals surface area contributed by atoms with Crippen LogP contribution < -0.4 is 10.1 Å². The van der Waals surface area contributed by atoms with Gasteiger partial charge < -0.3 is 19.5 Å². The highest BCUT2D eigenvalue weighted by Gasteiger charge is 2.23. The molecule has 0 aliphatic heterocycles. The number of nitrogens with zero attached hydrogens (tertiary/aromatic N) is 1. The second-order valence-corrected chi connectivity index (χ2v) is 6.68. The van der Waals surface area contributed by atoms with Gasteiger partial charge in [0.15, 0.2) is 6.61 Å². The molecule has 1 heterocycles. The molecule has 0 spiro atoms. The number of hydrogen-bond donors (Lipinski definition) is 1. The number of carbonyl (C=O) groups is 3. The molecule has 32 heavy (non-hydrogen) atoms. The summed E-state index contributed by atoms with van der Waals surface area (Å²) in [6.45, 7) is -0.583. The first-order valence-electron chi connectivity index (χ1n) is 9.83. The molecule has 0 bridgehead atoms. The van der Waals surface area contributed by atoms with E-state index in [1.807, 2.05) is 36.4 Å². The predicted molar refractivity (Wildman–Crippen MR) is 115 cm³/mol. The number of esters is 2. The summed E-state index contributed by atoms with van der Waals surface area (Å²) in [7, 11) is 1.24. The fourth-order valence-corrected chi connectivity index (χ4v) is 2.86. The zero-order valence-corrected chi connectivity index (χ0v) is 17.4. The lowest BCUT2D eigenvalue weighted by Crippen LogP contribution is -2.44. The number of benzene rings is 2. The first kappa shape index (κ1) is 22.5. The molecule has 164 valence electrons. The Kier molecular flexibility index (Phi) is 7.91. The summed E-state index contributed by atoms with van der Waals surface area (Å²) in [4.78, 5) is 41.0. The third kappa shape index (κ3) is 6.40. The Hall–Kier alpha value is -4.20. The number of ether oxygens (including phenoxy) is 3. The normalized spacial score (nSPS) is 11.2. The zero-order valence-electron chi connectivity index (χ0n) is 17.4. The molecule has 0 fully saturated rings. The maximum Gasteiger partial charge on any atom is 0.344 e. The predicted octanol–water partition coefficient (Wildman–Crippen LogP) is 2.93. The van der Waals surface area contributed by atoms with E-state index < -0.39 is 30.5 Å². The van der Waals surface area contributed by atoms with E-state index in [1.54, 1.807) is 30.3 Å². The first-order chi connectivity index (χ1) is 15.6. The number of hydrogen-bond acceptors (Lipinski definition) is 7. The third-order valence-corrected chi connectivity index (χ3v) is 4.39. The second kappa shape index (κ2) is 11.3. The summed E-state index contributed by atoms with van der Waals surface area (Å²) >= 11 is 0. The van der Waals surface area contributed by atoms with Crippen LogP contribution >= 0.6 is 0 Å². The second-order valence-electron chi connectivity index (χ2n) is 6.68. The Morgan fingerprint density at radius 3 is 2.31 bits per heavy atom. The van der Waals surface area contributed by atoms with Crippen molar-refractivity contribution >= 4 is 17.8 Å². The monoisotopic (exact) mass is 434 g/mol. The topological polar surface area (TPSA) is 104 Å². The molecule has 3 rings (SSSR count). The molecule has 1 N–H and O–H groups in total. The van der Waals surface area contributed by atoms with Crippen LogP contribution in [0.1, 0.15) is 15.9 Å². The highest BCUT2D eigenvalue weighted by molar-refractivity contribution is 5.94. The minimum absolute atomic E-state index is 0.0561. The summed E-state index contributed by atoms with van der Waals surface area (Å²) in [5.41, 5.74) is 0.913. The Balaban J connectivity index is 1.60. The lowest BCUT2D eigenvalue weighted by Gasteiger charge is -2.17. The van der Waals surface area contributed by atoms with Gasteiger partial charge in [-0.25, -0.2) is 14.6 Å². The lowest BCUT2D eigenvalue weighted by molar-refractivity contribution is -0.145. The summed E-state index contributed by atoms with van der Waals surface area (Å²) in [5, 5.41) is 2.54. The largest absolute Gasteiger partial charge is 0.467 e. The highest BCUT2D eigenvalue weighted by atomic mass is 16.5. The van der Waals surface area contributed by atoms with E-state index in [0.717, 1.165) is 5.56 Å². The number of nitrogens with one attached hydrogen (secondary N) is 1. The van der Waals surface area contributed by atoms with E-state index in [0.29, 0.717) is 5.75 Å². The van der Waals surface area contributed by atoms with Crippen molar-refractivity contribution in [1.82, 2.24) is 10.3 Å². The molecule has 0 aliphatic carbocycles. The Bertz CT molecular complexity index is 1060. The van der Waals surface area contributed by atoms with Crippen LogP contribution in [0.4, 0.5) is 0 Å².